The Morgan fingerprint density at radius 2 is 2.40 bits per heavy atom. The van der Waals surface area contributed by atoms with E-state index in [1.165, 1.54) is 11.8 Å². The van der Waals surface area contributed by atoms with Crippen LogP contribution in [0.5, 0.6) is 0 Å². The number of hydrogen-bond acceptors (Lipinski definition) is 4. The lowest BCUT2D eigenvalue weighted by Crippen LogP contribution is -2.04. The summed E-state index contributed by atoms with van der Waals surface area (Å²) >= 11 is 1.20. The highest BCUT2D eigenvalue weighted by atomic mass is 32.2. The molecule has 0 unspecified atom stereocenters. The third-order valence-corrected chi connectivity index (χ3v) is 1.03. The van der Waals surface area contributed by atoms with Gasteiger partial charge in [0.1, 0.15) is 6.21 Å². The van der Waals surface area contributed by atoms with Crippen molar-refractivity contribution >= 4 is 29.1 Å². The van der Waals surface area contributed by atoms with Gasteiger partial charge in [0.05, 0.1) is 0 Å². The van der Waals surface area contributed by atoms with E-state index < -0.39 is 5.97 Å². The lowest BCUT2D eigenvalue weighted by Gasteiger charge is -1.85. The van der Waals surface area contributed by atoms with Gasteiger partial charge in [-0.3, -0.25) is 0 Å². The Kier molecular flexibility index (Phi) is 4.30. The van der Waals surface area contributed by atoms with Gasteiger partial charge in [-0.25, -0.2) is 4.79 Å². The molecule has 0 saturated carbocycles. The topological polar surface area (TPSA) is 88.0 Å². The molecule has 0 spiro atoms. The molecule has 5 nitrogen and oxygen atoms in total. The Labute approximate surface area is 62.0 Å². The first kappa shape index (κ1) is 8.96. The first-order valence-corrected chi connectivity index (χ1v) is 3.52. The fourth-order valence-electron chi connectivity index (χ4n) is 0.176. The molecule has 6 heteroatoms. The second-order valence-electron chi connectivity index (χ2n) is 1.23. The number of carboxylic acids is 1. The molecule has 0 bridgehead atoms. The summed E-state index contributed by atoms with van der Waals surface area (Å²) in [6.45, 7) is 0. The van der Waals surface area contributed by atoms with E-state index in [2.05, 4.69) is 10.2 Å². The molecule has 0 aromatic heterocycles. The van der Waals surface area contributed by atoms with Gasteiger partial charge in [-0.1, -0.05) is 11.8 Å². The lowest BCUT2D eigenvalue weighted by molar-refractivity contribution is -0.128. The van der Waals surface area contributed by atoms with Crippen molar-refractivity contribution in [2.75, 3.05) is 6.26 Å². The molecule has 0 radical (unpaired) electrons. The van der Waals surface area contributed by atoms with E-state index in [-0.39, 0.29) is 5.17 Å². The minimum absolute atomic E-state index is 0.234. The molecule has 0 aliphatic heterocycles. The summed E-state index contributed by atoms with van der Waals surface area (Å²) in [5.41, 5.74) is 5.17. The molecule has 0 amide bonds. The van der Waals surface area contributed by atoms with Crippen LogP contribution in [0.4, 0.5) is 0 Å². The zero-order valence-corrected chi connectivity index (χ0v) is 6.13. The van der Waals surface area contributed by atoms with Crippen LogP contribution < -0.4 is 5.73 Å². The van der Waals surface area contributed by atoms with Crippen molar-refractivity contribution in [3.05, 3.63) is 0 Å². The molecule has 0 aliphatic carbocycles. The number of hydrogen-bond donors (Lipinski definition) is 2. The van der Waals surface area contributed by atoms with Gasteiger partial charge in [0.15, 0.2) is 5.17 Å². The van der Waals surface area contributed by atoms with Crippen molar-refractivity contribution < 1.29 is 9.90 Å². The number of nitrogens with zero attached hydrogens (tertiary/aromatic N) is 2. The van der Waals surface area contributed by atoms with Crippen LogP contribution in [0.1, 0.15) is 0 Å². The summed E-state index contributed by atoms with van der Waals surface area (Å²) in [6, 6.07) is 0. The van der Waals surface area contributed by atoms with Crippen molar-refractivity contribution in [3.8, 4) is 0 Å². The highest BCUT2D eigenvalue weighted by Crippen LogP contribution is 1.89. The first-order chi connectivity index (χ1) is 4.66. The zero-order chi connectivity index (χ0) is 7.98. The Bertz CT molecular complexity index is 177. The third-order valence-electron chi connectivity index (χ3n) is 0.534. The van der Waals surface area contributed by atoms with Crippen LogP contribution in [0.3, 0.4) is 0 Å². The molecule has 0 atom stereocenters. The molecule has 0 saturated heterocycles. The Hall–Kier alpha value is -1.04. The van der Waals surface area contributed by atoms with Crippen LogP contribution in [0, 0.1) is 0 Å². The van der Waals surface area contributed by atoms with E-state index >= 15 is 0 Å². The largest absolute Gasteiger partial charge is 0.477 e. The van der Waals surface area contributed by atoms with Gasteiger partial charge in [0.2, 0.25) is 0 Å². The molecule has 0 aromatic carbocycles. The van der Waals surface area contributed by atoms with Crippen molar-refractivity contribution in [3.63, 3.8) is 0 Å². The van der Waals surface area contributed by atoms with Crippen LogP contribution in [-0.2, 0) is 4.79 Å². The second-order valence-corrected chi connectivity index (χ2v) is 2.05. The monoisotopic (exact) mass is 161 g/mol. The number of carbonyl (C=O) groups is 1. The Morgan fingerprint density at radius 3 is 2.80 bits per heavy atom. The molecule has 0 rings (SSSR count). The molecule has 0 aromatic rings. The number of carboxylic acid groups (broad SMARTS) is 1. The molecule has 0 fully saturated rings. The number of nitrogens with two attached hydrogens (primary N) is 1. The highest BCUT2D eigenvalue weighted by molar-refractivity contribution is 8.13. The maximum absolute atomic E-state index is 9.80. The Morgan fingerprint density at radius 1 is 1.80 bits per heavy atom. The van der Waals surface area contributed by atoms with E-state index in [1.54, 1.807) is 6.26 Å². The van der Waals surface area contributed by atoms with Crippen molar-refractivity contribution in [1.82, 2.24) is 0 Å². The lowest BCUT2D eigenvalue weighted by atomic mass is 10.8. The predicted molar refractivity (Wildman–Crippen MR) is 41.3 cm³/mol. The van der Waals surface area contributed by atoms with Crippen molar-refractivity contribution in [2.45, 2.75) is 0 Å². The van der Waals surface area contributed by atoms with Crippen LogP contribution >= 0.6 is 11.8 Å². The normalized spacial score (nSPS) is 12.3. The number of aliphatic carboxylic acids is 1. The summed E-state index contributed by atoms with van der Waals surface area (Å²) in [5.74, 6) is -1.14. The maximum Gasteiger partial charge on any atom is 0.348 e. The van der Waals surface area contributed by atoms with Gasteiger partial charge in [0.25, 0.3) is 0 Å². The van der Waals surface area contributed by atoms with Gasteiger partial charge in [0, 0.05) is 0 Å². The van der Waals surface area contributed by atoms with Crippen LogP contribution in [0.25, 0.3) is 0 Å². The SMILES string of the molecule is CS/C(N)=N\N=C\C(=O)O. The van der Waals surface area contributed by atoms with Crippen LogP contribution in [0.15, 0.2) is 10.2 Å². The molecule has 56 valence electrons. The van der Waals surface area contributed by atoms with Gasteiger partial charge in [-0.2, -0.15) is 0 Å². The number of amidine groups is 1. The second kappa shape index (κ2) is 4.80. The smallest absolute Gasteiger partial charge is 0.348 e. The van der Waals surface area contributed by atoms with E-state index in [1.807, 2.05) is 0 Å². The summed E-state index contributed by atoms with van der Waals surface area (Å²) in [7, 11) is 0. The fraction of sp³-hybridized carbons (Fsp3) is 0.250. The minimum Gasteiger partial charge on any atom is -0.477 e. The van der Waals surface area contributed by atoms with Crippen molar-refractivity contribution in [1.29, 1.82) is 0 Å². The molecule has 10 heavy (non-hydrogen) atoms. The number of rotatable bonds is 2. The summed E-state index contributed by atoms with van der Waals surface area (Å²) in [6.07, 6.45) is 2.39. The van der Waals surface area contributed by atoms with E-state index in [9.17, 15) is 4.79 Å². The summed E-state index contributed by atoms with van der Waals surface area (Å²) in [4.78, 5) is 9.80. The van der Waals surface area contributed by atoms with Gasteiger partial charge < -0.3 is 10.8 Å². The highest BCUT2D eigenvalue weighted by Gasteiger charge is 1.85. The zero-order valence-electron chi connectivity index (χ0n) is 5.31. The predicted octanol–water partition coefficient (Wildman–Crippen LogP) is -0.265. The molecule has 0 aliphatic rings. The van der Waals surface area contributed by atoms with E-state index in [4.69, 9.17) is 10.8 Å². The first-order valence-electron chi connectivity index (χ1n) is 2.30. The van der Waals surface area contributed by atoms with Crippen LogP contribution in [0.2, 0.25) is 0 Å². The van der Waals surface area contributed by atoms with E-state index in [0.717, 1.165) is 0 Å². The minimum atomic E-state index is -1.14. The fourth-order valence-corrected chi connectivity index (χ4v) is 0.305. The average Bonchev–Trinajstić information content (AvgIpc) is 1.87. The summed E-state index contributed by atoms with van der Waals surface area (Å²) in [5, 5.41) is 14.8. The average molecular weight is 161 g/mol. The molecular formula is C4H7N3O2S. The Balaban J connectivity index is 3.82. The standard InChI is InChI=1S/C4H7N3O2S/c1-10-4(5)7-6-2-3(8)9/h2H,1H3,(H2,5,7)(H,8,9)/b6-2+. The van der Waals surface area contributed by atoms with Gasteiger partial charge in [-0.15, -0.1) is 10.2 Å². The van der Waals surface area contributed by atoms with Crippen molar-refractivity contribution in [2.24, 2.45) is 15.9 Å². The molecule has 0 heterocycles. The third kappa shape index (κ3) is 5.10. The molecule has 3 N–H and O–H groups in total. The summed E-state index contributed by atoms with van der Waals surface area (Å²) < 4.78 is 0. The number of thioether (sulfide) groups is 1. The maximum atomic E-state index is 9.80. The molecular weight excluding hydrogens is 154 g/mol. The van der Waals surface area contributed by atoms with Crippen LogP contribution in [-0.4, -0.2) is 28.7 Å². The van der Waals surface area contributed by atoms with E-state index in [0.29, 0.717) is 6.21 Å². The van der Waals surface area contributed by atoms with Gasteiger partial charge >= 0.3 is 5.97 Å². The van der Waals surface area contributed by atoms with Gasteiger partial charge in [-0.05, 0) is 6.26 Å². The quantitative estimate of drug-likeness (QED) is 0.331.